The minimum atomic E-state index is -0.765. The molecule has 126 valence electrons. The molecule has 0 spiro atoms. The lowest BCUT2D eigenvalue weighted by molar-refractivity contribution is -0.138. The molecular formula is C16H16N2O6. The second kappa shape index (κ2) is 7.40. The second-order valence-corrected chi connectivity index (χ2v) is 4.87. The first-order chi connectivity index (χ1) is 11.5. The Morgan fingerprint density at radius 2 is 1.79 bits per heavy atom. The van der Waals surface area contributed by atoms with Crippen molar-refractivity contribution >= 4 is 35.1 Å². The predicted molar refractivity (Wildman–Crippen MR) is 83.9 cm³/mol. The first kappa shape index (κ1) is 17.2. The zero-order valence-corrected chi connectivity index (χ0v) is 13.2. The maximum Gasteiger partial charge on any atom is 0.354 e. The van der Waals surface area contributed by atoms with Gasteiger partial charge in [0.15, 0.2) is 0 Å². The van der Waals surface area contributed by atoms with E-state index < -0.39 is 11.9 Å². The summed E-state index contributed by atoms with van der Waals surface area (Å²) in [6.07, 6.45) is 1.29. The summed E-state index contributed by atoms with van der Waals surface area (Å²) < 4.78 is 9.08. The van der Waals surface area contributed by atoms with E-state index in [4.69, 9.17) is 0 Å². The summed E-state index contributed by atoms with van der Waals surface area (Å²) in [6.45, 7) is 0. The molecule has 1 aliphatic rings. The van der Waals surface area contributed by atoms with Gasteiger partial charge in [-0.2, -0.15) is 0 Å². The average molecular weight is 332 g/mol. The number of anilines is 2. The van der Waals surface area contributed by atoms with Gasteiger partial charge in [-0.15, -0.1) is 0 Å². The third-order valence-corrected chi connectivity index (χ3v) is 3.30. The lowest BCUT2D eigenvalue weighted by atomic mass is 10.2. The molecule has 1 heterocycles. The summed E-state index contributed by atoms with van der Waals surface area (Å²) >= 11 is 0. The minimum absolute atomic E-state index is 0.138. The van der Waals surface area contributed by atoms with Crippen LogP contribution in [0.3, 0.4) is 0 Å². The van der Waals surface area contributed by atoms with Crippen LogP contribution < -0.4 is 10.2 Å². The normalized spacial score (nSPS) is 14.6. The predicted octanol–water partition coefficient (Wildman–Crippen LogP) is 0.982. The van der Waals surface area contributed by atoms with Crippen molar-refractivity contribution in [2.24, 2.45) is 0 Å². The highest BCUT2D eigenvalue weighted by molar-refractivity contribution is 6.20. The molecule has 2 amide bonds. The van der Waals surface area contributed by atoms with E-state index in [-0.39, 0.29) is 30.4 Å². The molecule has 0 aliphatic carbocycles. The SMILES string of the molecule is COC(=O)/C=C(/Nc1cccc(N2C(=O)CCC2=O)c1)C(=O)OC. The lowest BCUT2D eigenvalue weighted by Crippen LogP contribution is -2.28. The fraction of sp³-hybridized carbons (Fsp3) is 0.250. The lowest BCUT2D eigenvalue weighted by Gasteiger charge is -2.16. The van der Waals surface area contributed by atoms with Crippen molar-refractivity contribution in [3.05, 3.63) is 36.0 Å². The van der Waals surface area contributed by atoms with E-state index in [0.29, 0.717) is 11.4 Å². The Balaban J connectivity index is 2.28. The van der Waals surface area contributed by atoms with Crippen LogP contribution in [-0.4, -0.2) is 38.0 Å². The number of carbonyl (C=O) groups is 4. The number of esters is 2. The highest BCUT2D eigenvalue weighted by atomic mass is 16.5. The zero-order valence-electron chi connectivity index (χ0n) is 13.2. The maximum absolute atomic E-state index is 11.8. The molecule has 1 saturated heterocycles. The molecule has 8 heteroatoms. The van der Waals surface area contributed by atoms with Gasteiger partial charge < -0.3 is 14.8 Å². The van der Waals surface area contributed by atoms with Crippen LogP contribution in [0, 0.1) is 0 Å². The van der Waals surface area contributed by atoms with Crippen LogP contribution in [0.4, 0.5) is 11.4 Å². The molecule has 1 aromatic carbocycles. The third-order valence-electron chi connectivity index (χ3n) is 3.30. The first-order valence-electron chi connectivity index (χ1n) is 7.07. The van der Waals surface area contributed by atoms with E-state index >= 15 is 0 Å². The van der Waals surface area contributed by atoms with Gasteiger partial charge in [0.2, 0.25) is 11.8 Å². The number of nitrogens with zero attached hydrogens (tertiary/aromatic N) is 1. The number of nitrogens with one attached hydrogen (secondary N) is 1. The van der Waals surface area contributed by atoms with E-state index in [1.807, 2.05) is 0 Å². The number of methoxy groups -OCH3 is 2. The number of benzene rings is 1. The Hall–Kier alpha value is -3.16. The van der Waals surface area contributed by atoms with Crippen molar-refractivity contribution in [1.29, 1.82) is 0 Å². The molecule has 0 unspecified atom stereocenters. The van der Waals surface area contributed by atoms with Gasteiger partial charge in [-0.3, -0.25) is 14.5 Å². The highest BCUT2D eigenvalue weighted by Crippen LogP contribution is 2.25. The molecule has 8 nitrogen and oxygen atoms in total. The number of imide groups is 1. The number of rotatable bonds is 5. The van der Waals surface area contributed by atoms with Crippen LogP contribution in [0.25, 0.3) is 0 Å². The summed E-state index contributed by atoms with van der Waals surface area (Å²) in [5, 5.41) is 2.72. The van der Waals surface area contributed by atoms with E-state index in [0.717, 1.165) is 11.0 Å². The van der Waals surface area contributed by atoms with Gasteiger partial charge in [0, 0.05) is 18.5 Å². The highest BCUT2D eigenvalue weighted by Gasteiger charge is 2.30. The number of ether oxygens (including phenoxy) is 2. The molecule has 0 saturated carbocycles. The van der Waals surface area contributed by atoms with Gasteiger partial charge in [0.05, 0.1) is 26.0 Å². The Morgan fingerprint density at radius 1 is 1.12 bits per heavy atom. The number of amides is 2. The van der Waals surface area contributed by atoms with Crippen molar-refractivity contribution in [1.82, 2.24) is 0 Å². The standard InChI is InChI=1S/C16H16N2O6/c1-23-15(21)9-12(16(22)24-2)17-10-4-3-5-11(8-10)18-13(19)6-7-14(18)20/h3-5,8-9,17H,6-7H2,1-2H3/b12-9+. The third kappa shape index (κ3) is 3.78. The molecule has 0 radical (unpaired) electrons. The first-order valence-corrected chi connectivity index (χ1v) is 7.07. The van der Waals surface area contributed by atoms with Gasteiger partial charge in [-0.25, -0.2) is 9.59 Å². The van der Waals surface area contributed by atoms with Gasteiger partial charge >= 0.3 is 11.9 Å². The van der Waals surface area contributed by atoms with Crippen LogP contribution in [0.2, 0.25) is 0 Å². The number of hydrogen-bond acceptors (Lipinski definition) is 7. The average Bonchev–Trinajstić information content (AvgIpc) is 2.92. The molecule has 1 fully saturated rings. The Morgan fingerprint density at radius 3 is 2.38 bits per heavy atom. The van der Waals surface area contributed by atoms with Crippen molar-refractivity contribution < 1.29 is 28.7 Å². The van der Waals surface area contributed by atoms with Gasteiger partial charge in [0.1, 0.15) is 5.70 Å². The zero-order chi connectivity index (χ0) is 17.7. The topological polar surface area (TPSA) is 102 Å². The van der Waals surface area contributed by atoms with E-state index in [1.54, 1.807) is 18.2 Å². The molecule has 1 aliphatic heterocycles. The smallest absolute Gasteiger partial charge is 0.354 e. The summed E-state index contributed by atoms with van der Waals surface area (Å²) in [5.41, 5.74) is 0.649. The van der Waals surface area contributed by atoms with Crippen LogP contribution in [0.1, 0.15) is 12.8 Å². The monoisotopic (exact) mass is 332 g/mol. The number of hydrogen-bond donors (Lipinski definition) is 1. The fourth-order valence-electron chi connectivity index (χ4n) is 2.18. The van der Waals surface area contributed by atoms with Crippen molar-refractivity contribution in [3.8, 4) is 0 Å². The van der Waals surface area contributed by atoms with Gasteiger partial charge in [0.25, 0.3) is 0 Å². The van der Waals surface area contributed by atoms with Gasteiger partial charge in [-0.1, -0.05) is 6.07 Å². The molecule has 1 aromatic rings. The van der Waals surface area contributed by atoms with Crippen molar-refractivity contribution in [2.45, 2.75) is 12.8 Å². The fourth-order valence-corrected chi connectivity index (χ4v) is 2.18. The summed E-state index contributed by atoms with van der Waals surface area (Å²) in [7, 11) is 2.35. The Labute approximate surface area is 138 Å². The molecular weight excluding hydrogens is 316 g/mol. The van der Waals surface area contributed by atoms with E-state index in [9.17, 15) is 19.2 Å². The second-order valence-electron chi connectivity index (χ2n) is 4.87. The maximum atomic E-state index is 11.8. The Kier molecular flexibility index (Phi) is 5.31. The quantitative estimate of drug-likeness (QED) is 0.487. The molecule has 0 aromatic heterocycles. The minimum Gasteiger partial charge on any atom is -0.466 e. The van der Waals surface area contributed by atoms with Crippen LogP contribution >= 0.6 is 0 Å². The van der Waals surface area contributed by atoms with Crippen molar-refractivity contribution in [3.63, 3.8) is 0 Å². The molecule has 0 bridgehead atoms. The molecule has 1 N–H and O–H groups in total. The van der Waals surface area contributed by atoms with E-state index in [2.05, 4.69) is 14.8 Å². The van der Waals surface area contributed by atoms with Crippen LogP contribution in [0.5, 0.6) is 0 Å². The van der Waals surface area contributed by atoms with Crippen molar-refractivity contribution in [2.75, 3.05) is 24.4 Å². The molecule has 2 rings (SSSR count). The Bertz CT molecular complexity index is 709. The largest absolute Gasteiger partial charge is 0.466 e. The number of carbonyl (C=O) groups excluding carboxylic acids is 4. The van der Waals surface area contributed by atoms with Crippen LogP contribution in [-0.2, 0) is 28.7 Å². The summed E-state index contributed by atoms with van der Waals surface area (Å²) in [4.78, 5) is 47.8. The van der Waals surface area contributed by atoms with Gasteiger partial charge in [-0.05, 0) is 18.2 Å². The molecule has 0 atom stereocenters. The van der Waals surface area contributed by atoms with Crippen LogP contribution in [0.15, 0.2) is 36.0 Å². The molecule has 24 heavy (non-hydrogen) atoms. The van der Waals surface area contributed by atoms with E-state index in [1.165, 1.54) is 20.3 Å². The summed E-state index contributed by atoms with van der Waals surface area (Å²) in [5.74, 6) is -2.06. The summed E-state index contributed by atoms with van der Waals surface area (Å²) in [6, 6.07) is 6.36.